The molecule has 1 unspecified atom stereocenters. The highest BCUT2D eigenvalue weighted by Crippen LogP contribution is 2.27. The molecular weight excluding hydrogens is 186 g/mol. The van der Waals surface area contributed by atoms with Crippen molar-refractivity contribution < 1.29 is 4.74 Å². The van der Waals surface area contributed by atoms with Crippen molar-refractivity contribution in [3.8, 4) is 0 Å². The molecule has 0 bridgehead atoms. The molecule has 1 heterocycles. The molecule has 1 aromatic rings. The largest absolute Gasteiger partial charge is 0.464 e. The summed E-state index contributed by atoms with van der Waals surface area (Å²) >= 11 is 0. The molecule has 76 valence electrons. The lowest BCUT2D eigenvalue weighted by atomic mass is 10.2. The third-order valence-corrected chi connectivity index (χ3v) is 2.29. The fraction of sp³-hybridized carbons (Fsp3) is 0.0769. The molecule has 1 aliphatic rings. The maximum atomic E-state index is 5.68. The second-order valence-electron chi connectivity index (χ2n) is 3.24. The smallest absolute Gasteiger partial charge is 0.196 e. The summed E-state index contributed by atoms with van der Waals surface area (Å²) in [6, 6.07) is 9.99. The highest BCUT2D eigenvalue weighted by Gasteiger charge is 2.22. The zero-order valence-corrected chi connectivity index (χ0v) is 8.44. The Morgan fingerprint density at radius 3 is 2.40 bits per heavy atom. The highest BCUT2D eigenvalue weighted by atomic mass is 16.5. The van der Waals surface area contributed by atoms with Crippen LogP contribution >= 0.6 is 0 Å². The van der Waals surface area contributed by atoms with Gasteiger partial charge in [-0.05, 0) is 12.2 Å². The summed E-state index contributed by atoms with van der Waals surface area (Å²) in [5, 5.41) is 3.23. The standard InChI is InChI=1S/C13H13NO/c1-3-11-12(4-2)15-13(14-11)10-8-6-5-7-9-10/h3-9,13-14H,1-2H2. The van der Waals surface area contributed by atoms with Gasteiger partial charge < -0.3 is 10.1 Å². The van der Waals surface area contributed by atoms with E-state index >= 15 is 0 Å². The predicted octanol–water partition coefficient (Wildman–Crippen LogP) is 2.89. The van der Waals surface area contributed by atoms with E-state index < -0.39 is 0 Å². The van der Waals surface area contributed by atoms with Crippen LogP contribution in [0.15, 0.2) is 67.1 Å². The molecule has 1 aliphatic heterocycles. The molecule has 0 radical (unpaired) electrons. The number of rotatable bonds is 3. The molecule has 0 fully saturated rings. The summed E-state index contributed by atoms with van der Waals surface area (Å²) in [7, 11) is 0. The Bertz CT molecular complexity index is 386. The van der Waals surface area contributed by atoms with Gasteiger partial charge in [-0.25, -0.2) is 0 Å². The van der Waals surface area contributed by atoms with Gasteiger partial charge in [0.15, 0.2) is 6.23 Å². The van der Waals surface area contributed by atoms with E-state index in [2.05, 4.69) is 18.5 Å². The van der Waals surface area contributed by atoms with E-state index in [-0.39, 0.29) is 6.23 Å². The van der Waals surface area contributed by atoms with Crippen molar-refractivity contribution in [2.75, 3.05) is 0 Å². The molecule has 1 aromatic carbocycles. The van der Waals surface area contributed by atoms with Crippen LogP contribution in [0, 0.1) is 0 Å². The van der Waals surface area contributed by atoms with Crippen LogP contribution in [-0.2, 0) is 4.74 Å². The Morgan fingerprint density at radius 2 is 1.87 bits per heavy atom. The number of ether oxygens (including phenoxy) is 1. The lowest BCUT2D eigenvalue weighted by Gasteiger charge is -2.12. The van der Waals surface area contributed by atoms with Gasteiger partial charge >= 0.3 is 0 Å². The third kappa shape index (κ3) is 1.79. The summed E-state index contributed by atoms with van der Waals surface area (Å²) in [5.41, 5.74) is 1.98. The van der Waals surface area contributed by atoms with Crippen LogP contribution < -0.4 is 5.32 Å². The van der Waals surface area contributed by atoms with Crippen LogP contribution in [0.25, 0.3) is 0 Å². The summed E-state index contributed by atoms with van der Waals surface area (Å²) in [6.07, 6.45) is 3.29. The first-order chi connectivity index (χ1) is 7.35. The molecular formula is C13H13NO. The molecule has 2 heteroatoms. The summed E-state index contributed by atoms with van der Waals surface area (Å²) in [6.45, 7) is 7.42. The van der Waals surface area contributed by atoms with Gasteiger partial charge in [-0.2, -0.15) is 0 Å². The first-order valence-corrected chi connectivity index (χ1v) is 4.82. The highest BCUT2D eigenvalue weighted by molar-refractivity contribution is 5.32. The minimum atomic E-state index is -0.132. The van der Waals surface area contributed by atoms with Gasteiger partial charge in [-0.3, -0.25) is 0 Å². The minimum Gasteiger partial charge on any atom is -0.464 e. The summed E-state index contributed by atoms with van der Waals surface area (Å²) in [5.74, 6) is 0.749. The van der Waals surface area contributed by atoms with Gasteiger partial charge in [0, 0.05) is 5.56 Å². The second-order valence-corrected chi connectivity index (χ2v) is 3.24. The normalized spacial score (nSPS) is 19.3. The van der Waals surface area contributed by atoms with Crippen LogP contribution in [0.4, 0.5) is 0 Å². The Hall–Kier alpha value is -1.96. The van der Waals surface area contributed by atoms with Crippen molar-refractivity contribution in [3.63, 3.8) is 0 Å². The first-order valence-electron chi connectivity index (χ1n) is 4.82. The quantitative estimate of drug-likeness (QED) is 0.808. The SMILES string of the molecule is C=CC1=C(C=C)OC(c2ccccc2)N1. The molecule has 2 nitrogen and oxygen atoms in total. The van der Waals surface area contributed by atoms with Crippen LogP contribution in [0.3, 0.4) is 0 Å². The van der Waals surface area contributed by atoms with Gasteiger partial charge in [0.2, 0.25) is 0 Å². The summed E-state index contributed by atoms with van der Waals surface area (Å²) in [4.78, 5) is 0. The topological polar surface area (TPSA) is 21.3 Å². The van der Waals surface area contributed by atoms with E-state index in [0.29, 0.717) is 0 Å². The Morgan fingerprint density at radius 1 is 1.13 bits per heavy atom. The van der Waals surface area contributed by atoms with E-state index in [0.717, 1.165) is 17.0 Å². The zero-order chi connectivity index (χ0) is 10.7. The molecule has 0 saturated carbocycles. The molecule has 0 amide bonds. The van der Waals surface area contributed by atoms with E-state index in [4.69, 9.17) is 4.74 Å². The first kappa shape index (κ1) is 9.59. The number of benzene rings is 1. The fourth-order valence-corrected chi connectivity index (χ4v) is 1.53. The average Bonchev–Trinajstić information content (AvgIpc) is 2.73. The maximum absolute atomic E-state index is 5.68. The van der Waals surface area contributed by atoms with E-state index in [1.807, 2.05) is 30.3 Å². The van der Waals surface area contributed by atoms with E-state index in [9.17, 15) is 0 Å². The monoisotopic (exact) mass is 199 g/mol. The number of hydrogen-bond donors (Lipinski definition) is 1. The Balaban J connectivity index is 2.20. The van der Waals surface area contributed by atoms with Crippen molar-refractivity contribution in [2.24, 2.45) is 0 Å². The van der Waals surface area contributed by atoms with Gasteiger partial charge in [0.25, 0.3) is 0 Å². The van der Waals surface area contributed by atoms with E-state index in [1.54, 1.807) is 12.2 Å². The zero-order valence-electron chi connectivity index (χ0n) is 8.44. The number of hydrogen-bond acceptors (Lipinski definition) is 2. The Labute approximate surface area is 89.6 Å². The van der Waals surface area contributed by atoms with Crippen LogP contribution in [0.2, 0.25) is 0 Å². The van der Waals surface area contributed by atoms with Crippen LogP contribution in [-0.4, -0.2) is 0 Å². The van der Waals surface area contributed by atoms with Crippen molar-refractivity contribution >= 4 is 0 Å². The molecule has 0 aromatic heterocycles. The van der Waals surface area contributed by atoms with E-state index in [1.165, 1.54) is 0 Å². The molecule has 2 rings (SSSR count). The molecule has 1 atom stereocenters. The Kier molecular flexibility index (Phi) is 2.59. The molecule has 15 heavy (non-hydrogen) atoms. The van der Waals surface area contributed by atoms with Gasteiger partial charge in [-0.15, -0.1) is 0 Å². The van der Waals surface area contributed by atoms with Crippen molar-refractivity contribution in [2.45, 2.75) is 6.23 Å². The summed E-state index contributed by atoms with van der Waals surface area (Å²) < 4.78 is 5.68. The average molecular weight is 199 g/mol. The molecule has 0 saturated heterocycles. The lowest BCUT2D eigenvalue weighted by molar-refractivity contribution is 0.137. The molecule has 0 aliphatic carbocycles. The van der Waals surface area contributed by atoms with Gasteiger partial charge in [0.05, 0.1) is 5.70 Å². The van der Waals surface area contributed by atoms with Gasteiger partial charge in [-0.1, -0.05) is 43.5 Å². The second kappa shape index (κ2) is 4.05. The van der Waals surface area contributed by atoms with Crippen molar-refractivity contribution in [1.82, 2.24) is 5.32 Å². The lowest BCUT2D eigenvalue weighted by Crippen LogP contribution is -2.14. The van der Waals surface area contributed by atoms with Crippen LogP contribution in [0.5, 0.6) is 0 Å². The van der Waals surface area contributed by atoms with Crippen molar-refractivity contribution in [1.29, 1.82) is 0 Å². The number of nitrogens with one attached hydrogen (secondary N) is 1. The van der Waals surface area contributed by atoms with Crippen LogP contribution in [0.1, 0.15) is 11.8 Å². The number of allylic oxidation sites excluding steroid dienone is 2. The predicted molar refractivity (Wildman–Crippen MR) is 60.8 cm³/mol. The molecule has 0 spiro atoms. The van der Waals surface area contributed by atoms with Crippen molar-refractivity contribution in [3.05, 3.63) is 72.7 Å². The third-order valence-electron chi connectivity index (χ3n) is 2.29. The molecule has 1 N–H and O–H groups in total. The minimum absolute atomic E-state index is 0.132. The van der Waals surface area contributed by atoms with Gasteiger partial charge in [0.1, 0.15) is 5.76 Å². The fourth-order valence-electron chi connectivity index (χ4n) is 1.53. The maximum Gasteiger partial charge on any atom is 0.196 e.